The van der Waals surface area contributed by atoms with E-state index in [-0.39, 0.29) is 0 Å². The zero-order valence-corrected chi connectivity index (χ0v) is 17.5. The van der Waals surface area contributed by atoms with Crippen LogP contribution in [0, 0.1) is 0 Å². The van der Waals surface area contributed by atoms with Gasteiger partial charge in [0.25, 0.3) is 0 Å². The van der Waals surface area contributed by atoms with Gasteiger partial charge in [-0.05, 0) is 63.5 Å². The molecule has 3 rings (SSSR count). The van der Waals surface area contributed by atoms with Crippen LogP contribution in [-0.2, 0) is 13.2 Å². The van der Waals surface area contributed by atoms with Gasteiger partial charge in [0.15, 0.2) is 11.5 Å². The van der Waals surface area contributed by atoms with Gasteiger partial charge in [0.05, 0.1) is 11.6 Å². The molecule has 0 atom stereocenters. The predicted octanol–water partition coefficient (Wildman–Crippen LogP) is 6.41. The van der Waals surface area contributed by atoms with Crippen LogP contribution in [0.2, 0.25) is 0 Å². The molecule has 0 aliphatic carbocycles. The number of nitrogens with one attached hydrogen (secondary N) is 1. The van der Waals surface area contributed by atoms with Crippen LogP contribution in [-0.4, -0.2) is 7.11 Å². The molecule has 0 aromatic heterocycles. The lowest BCUT2D eigenvalue weighted by Crippen LogP contribution is -2.02. The highest BCUT2D eigenvalue weighted by Crippen LogP contribution is 2.37. The lowest BCUT2D eigenvalue weighted by atomic mass is 10.2. The molecular weight excluding hydrogens is 458 g/mol. The summed E-state index contributed by atoms with van der Waals surface area (Å²) in [5, 5.41) is 3.40. The summed E-state index contributed by atoms with van der Waals surface area (Å²) in [5.74, 6) is 1.42. The van der Waals surface area contributed by atoms with E-state index in [0.29, 0.717) is 24.7 Å². The number of para-hydroxylation sites is 1. The Hall–Kier alpha value is -1.98. The molecule has 5 heteroatoms. The normalized spacial score (nSPS) is 10.4. The van der Waals surface area contributed by atoms with E-state index in [1.807, 2.05) is 60.7 Å². The third kappa shape index (κ3) is 5.02. The maximum absolute atomic E-state index is 5.99. The van der Waals surface area contributed by atoms with Gasteiger partial charge in [-0.15, -0.1) is 0 Å². The Bertz CT molecular complexity index is 852. The minimum atomic E-state index is 0.476. The maximum Gasteiger partial charge on any atom is 0.175 e. The minimum Gasteiger partial charge on any atom is -0.493 e. The van der Waals surface area contributed by atoms with Crippen LogP contribution < -0.4 is 14.8 Å². The van der Waals surface area contributed by atoms with Crippen molar-refractivity contribution in [1.29, 1.82) is 0 Å². The number of rotatable bonds is 7. The summed E-state index contributed by atoms with van der Waals surface area (Å²) in [6.07, 6.45) is 0. The zero-order chi connectivity index (χ0) is 18.4. The Morgan fingerprint density at radius 1 is 0.885 bits per heavy atom. The van der Waals surface area contributed by atoms with Crippen molar-refractivity contribution in [1.82, 2.24) is 0 Å². The van der Waals surface area contributed by atoms with Crippen molar-refractivity contribution in [2.75, 3.05) is 12.4 Å². The summed E-state index contributed by atoms with van der Waals surface area (Å²) >= 11 is 7.05. The molecule has 0 fully saturated rings. The van der Waals surface area contributed by atoms with E-state index < -0.39 is 0 Å². The first-order valence-electron chi connectivity index (χ1n) is 8.18. The van der Waals surface area contributed by atoms with E-state index in [9.17, 15) is 0 Å². The van der Waals surface area contributed by atoms with Crippen molar-refractivity contribution in [3.05, 3.63) is 86.8 Å². The Balaban J connectivity index is 1.71. The molecule has 0 heterocycles. The van der Waals surface area contributed by atoms with Gasteiger partial charge in [0.2, 0.25) is 0 Å². The second kappa shape index (κ2) is 9.10. The maximum atomic E-state index is 5.99. The molecule has 0 radical (unpaired) electrons. The van der Waals surface area contributed by atoms with Gasteiger partial charge in [-0.2, -0.15) is 0 Å². The largest absolute Gasteiger partial charge is 0.493 e. The molecule has 0 aliphatic rings. The van der Waals surface area contributed by atoms with E-state index in [4.69, 9.17) is 9.47 Å². The molecular formula is C21H19Br2NO2. The third-order valence-corrected chi connectivity index (χ3v) is 4.97. The van der Waals surface area contributed by atoms with Crippen LogP contribution in [0.5, 0.6) is 11.5 Å². The number of anilines is 1. The highest BCUT2D eigenvalue weighted by molar-refractivity contribution is 9.10. The molecule has 26 heavy (non-hydrogen) atoms. The zero-order valence-electron chi connectivity index (χ0n) is 14.3. The van der Waals surface area contributed by atoms with Crippen molar-refractivity contribution in [3.8, 4) is 11.5 Å². The smallest absolute Gasteiger partial charge is 0.175 e. The fourth-order valence-corrected chi connectivity index (χ4v) is 3.38. The van der Waals surface area contributed by atoms with Crippen LogP contribution >= 0.6 is 31.9 Å². The number of methoxy groups -OCH3 is 1. The van der Waals surface area contributed by atoms with Gasteiger partial charge in [-0.3, -0.25) is 0 Å². The van der Waals surface area contributed by atoms with Crippen molar-refractivity contribution < 1.29 is 9.47 Å². The quantitative estimate of drug-likeness (QED) is 0.427. The standard InChI is InChI=1S/C21H19Br2NO2/c1-25-20-12-16(13-24-18-5-3-2-4-6-18)11-19(23)21(20)26-14-15-7-9-17(22)10-8-15/h2-12,24H,13-14H2,1H3. The molecule has 0 spiro atoms. The van der Waals surface area contributed by atoms with E-state index in [1.165, 1.54) is 0 Å². The molecule has 0 bridgehead atoms. The van der Waals surface area contributed by atoms with E-state index in [1.54, 1.807) is 7.11 Å². The molecule has 0 saturated carbocycles. The van der Waals surface area contributed by atoms with Crippen LogP contribution in [0.1, 0.15) is 11.1 Å². The monoisotopic (exact) mass is 475 g/mol. The lowest BCUT2D eigenvalue weighted by molar-refractivity contribution is 0.282. The summed E-state index contributed by atoms with van der Waals surface area (Å²) in [4.78, 5) is 0. The fraction of sp³-hybridized carbons (Fsp3) is 0.143. The SMILES string of the molecule is COc1cc(CNc2ccccc2)cc(Br)c1OCc1ccc(Br)cc1. The minimum absolute atomic E-state index is 0.476. The number of hydrogen-bond donors (Lipinski definition) is 1. The first-order chi connectivity index (χ1) is 12.7. The average Bonchev–Trinajstić information content (AvgIpc) is 2.67. The molecule has 0 amide bonds. The van der Waals surface area contributed by atoms with Crippen LogP contribution in [0.3, 0.4) is 0 Å². The third-order valence-electron chi connectivity index (χ3n) is 3.86. The van der Waals surface area contributed by atoms with E-state index in [0.717, 1.165) is 25.8 Å². The first-order valence-corrected chi connectivity index (χ1v) is 9.77. The highest BCUT2D eigenvalue weighted by atomic mass is 79.9. The van der Waals surface area contributed by atoms with Gasteiger partial charge in [-0.25, -0.2) is 0 Å². The highest BCUT2D eigenvalue weighted by Gasteiger charge is 2.12. The van der Waals surface area contributed by atoms with E-state index in [2.05, 4.69) is 43.2 Å². The molecule has 134 valence electrons. The van der Waals surface area contributed by atoms with Gasteiger partial charge < -0.3 is 14.8 Å². The molecule has 0 saturated heterocycles. The van der Waals surface area contributed by atoms with Crippen molar-refractivity contribution in [2.24, 2.45) is 0 Å². The number of hydrogen-bond acceptors (Lipinski definition) is 3. The summed E-state index contributed by atoms with van der Waals surface area (Å²) in [7, 11) is 1.66. The van der Waals surface area contributed by atoms with Crippen LogP contribution in [0.4, 0.5) is 5.69 Å². The second-order valence-electron chi connectivity index (χ2n) is 5.74. The first kappa shape index (κ1) is 18.8. The molecule has 0 aliphatic heterocycles. The van der Waals surface area contributed by atoms with Crippen LogP contribution in [0.15, 0.2) is 75.7 Å². The van der Waals surface area contributed by atoms with Gasteiger partial charge in [-0.1, -0.05) is 46.3 Å². The van der Waals surface area contributed by atoms with Crippen molar-refractivity contribution >= 4 is 37.5 Å². The Kier molecular flexibility index (Phi) is 6.58. The Morgan fingerprint density at radius 3 is 2.31 bits per heavy atom. The second-order valence-corrected chi connectivity index (χ2v) is 7.51. The Labute approximate surface area is 170 Å². The van der Waals surface area contributed by atoms with Crippen molar-refractivity contribution in [3.63, 3.8) is 0 Å². The fourth-order valence-electron chi connectivity index (χ4n) is 2.51. The van der Waals surface area contributed by atoms with Crippen molar-refractivity contribution in [2.45, 2.75) is 13.2 Å². The van der Waals surface area contributed by atoms with Gasteiger partial charge in [0, 0.05) is 16.7 Å². The number of halogens is 2. The molecule has 3 aromatic rings. The molecule has 3 aromatic carbocycles. The van der Waals surface area contributed by atoms with Gasteiger partial charge in [0.1, 0.15) is 6.61 Å². The molecule has 0 unspecified atom stereocenters. The lowest BCUT2D eigenvalue weighted by Gasteiger charge is -2.15. The summed E-state index contributed by atoms with van der Waals surface area (Å²) in [6.45, 7) is 1.18. The molecule has 1 N–H and O–H groups in total. The summed E-state index contributed by atoms with van der Waals surface area (Å²) in [5.41, 5.74) is 3.28. The van der Waals surface area contributed by atoms with Gasteiger partial charge >= 0.3 is 0 Å². The topological polar surface area (TPSA) is 30.5 Å². The summed E-state index contributed by atoms with van der Waals surface area (Å²) in [6, 6.07) is 22.2. The number of benzene rings is 3. The van der Waals surface area contributed by atoms with Crippen LogP contribution in [0.25, 0.3) is 0 Å². The predicted molar refractivity (Wildman–Crippen MR) is 113 cm³/mol. The average molecular weight is 477 g/mol. The molecule has 3 nitrogen and oxygen atoms in total. The van der Waals surface area contributed by atoms with E-state index >= 15 is 0 Å². The Morgan fingerprint density at radius 2 is 1.62 bits per heavy atom. The summed E-state index contributed by atoms with van der Waals surface area (Å²) < 4.78 is 13.5. The number of ether oxygens (including phenoxy) is 2.